The van der Waals surface area contributed by atoms with Crippen LogP contribution in [0.15, 0.2) is 35.3 Å². The van der Waals surface area contributed by atoms with E-state index in [1.54, 1.807) is 11.8 Å². The molecule has 0 N–H and O–H groups in total. The summed E-state index contributed by atoms with van der Waals surface area (Å²) in [5, 5.41) is 0. The van der Waals surface area contributed by atoms with Crippen LogP contribution in [-0.2, 0) is 0 Å². The second-order valence-electron chi connectivity index (χ2n) is 3.29. The van der Waals surface area contributed by atoms with Crippen molar-refractivity contribution in [3.63, 3.8) is 0 Å². The quantitative estimate of drug-likeness (QED) is 0.598. The van der Waals surface area contributed by atoms with Crippen molar-refractivity contribution in [2.24, 2.45) is 5.41 Å². The van der Waals surface area contributed by atoms with Crippen molar-refractivity contribution in [3.05, 3.63) is 35.3 Å². The Labute approximate surface area is 86.8 Å². The molecule has 0 unspecified atom stereocenters. The van der Waals surface area contributed by atoms with Gasteiger partial charge in [0.1, 0.15) is 0 Å². The van der Waals surface area contributed by atoms with Gasteiger partial charge in [0.25, 0.3) is 0 Å². The van der Waals surface area contributed by atoms with Crippen molar-refractivity contribution in [1.82, 2.24) is 0 Å². The Balaban J connectivity index is 0.000000671. The first-order valence-electron chi connectivity index (χ1n) is 4.77. The molecule has 1 rings (SSSR count). The SMILES string of the molecule is CC.CSC1=CC=CC(C)(C)C=C1. The molecule has 74 valence electrons. The van der Waals surface area contributed by atoms with Gasteiger partial charge >= 0.3 is 0 Å². The van der Waals surface area contributed by atoms with Crippen molar-refractivity contribution in [2.75, 3.05) is 6.26 Å². The molecule has 0 heterocycles. The van der Waals surface area contributed by atoms with Gasteiger partial charge in [-0.2, -0.15) is 0 Å². The van der Waals surface area contributed by atoms with Gasteiger partial charge < -0.3 is 0 Å². The fraction of sp³-hybridized carbons (Fsp3) is 0.500. The zero-order valence-electron chi connectivity index (χ0n) is 9.29. The fourth-order valence-corrected chi connectivity index (χ4v) is 1.35. The summed E-state index contributed by atoms with van der Waals surface area (Å²) < 4.78 is 0. The van der Waals surface area contributed by atoms with Gasteiger partial charge in [0, 0.05) is 10.3 Å². The van der Waals surface area contributed by atoms with Gasteiger partial charge in [-0.3, -0.25) is 0 Å². The van der Waals surface area contributed by atoms with Crippen LogP contribution in [0, 0.1) is 5.41 Å². The summed E-state index contributed by atoms with van der Waals surface area (Å²) in [4.78, 5) is 1.33. The van der Waals surface area contributed by atoms with Crippen LogP contribution in [0.2, 0.25) is 0 Å². The highest BCUT2D eigenvalue weighted by molar-refractivity contribution is 8.02. The molecule has 1 aliphatic rings. The van der Waals surface area contributed by atoms with Crippen molar-refractivity contribution in [2.45, 2.75) is 27.7 Å². The van der Waals surface area contributed by atoms with Crippen LogP contribution in [0.4, 0.5) is 0 Å². The molecule has 0 aliphatic heterocycles. The average Bonchev–Trinajstić information content (AvgIpc) is 2.30. The van der Waals surface area contributed by atoms with Crippen LogP contribution < -0.4 is 0 Å². The second kappa shape index (κ2) is 6.09. The lowest BCUT2D eigenvalue weighted by Crippen LogP contribution is -2.00. The minimum atomic E-state index is 0.216. The average molecular weight is 196 g/mol. The highest BCUT2D eigenvalue weighted by Crippen LogP contribution is 2.25. The number of hydrogen-bond donors (Lipinski definition) is 0. The summed E-state index contributed by atoms with van der Waals surface area (Å²) in [6, 6.07) is 0. The van der Waals surface area contributed by atoms with Crippen LogP contribution in [-0.4, -0.2) is 6.26 Å². The first-order valence-corrected chi connectivity index (χ1v) is 5.99. The second-order valence-corrected chi connectivity index (χ2v) is 4.17. The molecule has 0 saturated carbocycles. The Kier molecular flexibility index (Phi) is 5.89. The summed E-state index contributed by atoms with van der Waals surface area (Å²) in [7, 11) is 0. The molecular weight excluding hydrogens is 176 g/mol. The lowest BCUT2D eigenvalue weighted by Gasteiger charge is -2.12. The highest BCUT2D eigenvalue weighted by atomic mass is 32.2. The Hall–Kier alpha value is -0.430. The summed E-state index contributed by atoms with van der Waals surface area (Å²) >= 11 is 1.78. The predicted molar refractivity (Wildman–Crippen MR) is 65.0 cm³/mol. The van der Waals surface area contributed by atoms with E-state index in [0.717, 1.165) is 0 Å². The Morgan fingerprint density at radius 2 is 1.77 bits per heavy atom. The van der Waals surface area contributed by atoms with E-state index in [1.807, 2.05) is 13.8 Å². The zero-order valence-corrected chi connectivity index (χ0v) is 10.1. The smallest absolute Gasteiger partial charge is 0.00661 e. The van der Waals surface area contributed by atoms with Crippen LogP contribution >= 0.6 is 11.8 Å². The number of rotatable bonds is 1. The molecular formula is C12H20S. The van der Waals surface area contributed by atoms with Crippen molar-refractivity contribution in [3.8, 4) is 0 Å². The van der Waals surface area contributed by atoms with Crippen molar-refractivity contribution in [1.29, 1.82) is 0 Å². The Morgan fingerprint density at radius 1 is 1.15 bits per heavy atom. The fourth-order valence-electron chi connectivity index (χ4n) is 0.935. The molecule has 0 aromatic heterocycles. The predicted octanol–water partition coefficient (Wildman–Crippen LogP) is 4.41. The molecule has 0 aromatic carbocycles. The largest absolute Gasteiger partial charge is 0.130 e. The standard InChI is InChI=1S/C10H14S.C2H6/c1-10(2)7-4-5-9(11-3)6-8-10;1-2/h4-8H,1-3H3;1-2H3. The van der Waals surface area contributed by atoms with Crippen molar-refractivity contribution < 1.29 is 0 Å². The van der Waals surface area contributed by atoms with Crippen LogP contribution in [0.25, 0.3) is 0 Å². The summed E-state index contributed by atoms with van der Waals surface area (Å²) in [6.45, 7) is 8.41. The molecule has 0 fully saturated rings. The lowest BCUT2D eigenvalue weighted by atomic mass is 9.93. The van der Waals surface area contributed by atoms with E-state index < -0.39 is 0 Å². The minimum absolute atomic E-state index is 0.216. The maximum Gasteiger partial charge on any atom is 0.00661 e. The third-order valence-corrected chi connectivity index (χ3v) is 2.44. The molecule has 0 spiro atoms. The van der Waals surface area contributed by atoms with Crippen LogP contribution in [0.5, 0.6) is 0 Å². The molecule has 1 aliphatic carbocycles. The summed E-state index contributed by atoms with van der Waals surface area (Å²) in [6.07, 6.45) is 13.0. The Morgan fingerprint density at radius 3 is 2.31 bits per heavy atom. The van der Waals surface area contributed by atoms with Gasteiger partial charge in [-0.15, -0.1) is 11.8 Å². The monoisotopic (exact) mass is 196 g/mol. The van der Waals surface area contributed by atoms with Gasteiger partial charge in [0.05, 0.1) is 0 Å². The van der Waals surface area contributed by atoms with Crippen LogP contribution in [0.3, 0.4) is 0 Å². The van der Waals surface area contributed by atoms with E-state index in [2.05, 4.69) is 50.5 Å². The summed E-state index contributed by atoms with van der Waals surface area (Å²) in [5.41, 5.74) is 0.216. The molecule has 0 atom stereocenters. The lowest BCUT2D eigenvalue weighted by molar-refractivity contribution is 0.627. The molecule has 0 aromatic rings. The van der Waals surface area contributed by atoms with Gasteiger partial charge in [-0.25, -0.2) is 0 Å². The van der Waals surface area contributed by atoms with Gasteiger partial charge in [0.15, 0.2) is 0 Å². The van der Waals surface area contributed by atoms with Gasteiger partial charge in [0.2, 0.25) is 0 Å². The molecule has 0 radical (unpaired) electrons. The van der Waals surface area contributed by atoms with E-state index in [9.17, 15) is 0 Å². The first kappa shape index (κ1) is 12.6. The number of hydrogen-bond acceptors (Lipinski definition) is 1. The van der Waals surface area contributed by atoms with E-state index in [4.69, 9.17) is 0 Å². The highest BCUT2D eigenvalue weighted by Gasteiger charge is 2.09. The van der Waals surface area contributed by atoms with E-state index in [1.165, 1.54) is 4.91 Å². The number of thioether (sulfide) groups is 1. The first-order chi connectivity index (χ1) is 6.14. The number of allylic oxidation sites excluding steroid dienone is 5. The van der Waals surface area contributed by atoms with E-state index in [0.29, 0.717) is 0 Å². The molecule has 13 heavy (non-hydrogen) atoms. The topological polar surface area (TPSA) is 0 Å². The maximum atomic E-state index is 2.23. The molecule has 0 nitrogen and oxygen atoms in total. The summed E-state index contributed by atoms with van der Waals surface area (Å²) in [5.74, 6) is 0. The minimum Gasteiger partial charge on any atom is -0.130 e. The molecule has 0 saturated heterocycles. The van der Waals surface area contributed by atoms with E-state index in [-0.39, 0.29) is 5.41 Å². The normalized spacial score (nSPS) is 18.4. The van der Waals surface area contributed by atoms with Crippen molar-refractivity contribution >= 4 is 11.8 Å². The maximum absolute atomic E-state index is 2.23. The third kappa shape index (κ3) is 4.99. The zero-order chi connectivity index (χ0) is 10.3. The third-order valence-electron chi connectivity index (χ3n) is 1.70. The van der Waals surface area contributed by atoms with E-state index >= 15 is 0 Å². The molecule has 1 heteroatoms. The van der Waals surface area contributed by atoms with Crippen LogP contribution in [0.1, 0.15) is 27.7 Å². The van der Waals surface area contributed by atoms with Gasteiger partial charge in [-0.05, 0) is 12.3 Å². The Bertz CT molecular complexity index is 219. The molecule has 0 amide bonds. The molecule has 0 bridgehead atoms. The van der Waals surface area contributed by atoms with Gasteiger partial charge in [-0.1, -0.05) is 52.0 Å².